The lowest BCUT2D eigenvalue weighted by Crippen LogP contribution is -2.41. The number of ether oxygens (including phenoxy) is 1. The molecule has 2 amide bonds. The first-order valence-electron chi connectivity index (χ1n) is 13.7. The Labute approximate surface area is 247 Å². The van der Waals surface area contributed by atoms with Gasteiger partial charge in [0.1, 0.15) is 15.2 Å². The molecule has 10 heteroatoms. The topological polar surface area (TPSA) is 91.3 Å². The normalized spacial score (nSPS) is 18.4. The number of hydrogen-bond donors (Lipinski definition) is 1. The molecule has 3 aromatic rings. The average molecular weight is 591 g/mol. The highest BCUT2D eigenvalue weighted by Gasteiger charge is 2.32. The summed E-state index contributed by atoms with van der Waals surface area (Å²) in [4.78, 5) is 33.7. The highest BCUT2D eigenvalue weighted by Crippen LogP contribution is 2.41. The summed E-state index contributed by atoms with van der Waals surface area (Å²) in [6, 6.07) is 13.2. The summed E-state index contributed by atoms with van der Waals surface area (Å²) in [5.41, 5.74) is 3.04. The predicted octanol–water partition coefficient (Wildman–Crippen LogP) is 5.78. The number of carbonyl (C=O) groups excluding carboxylic acids is 2. The Morgan fingerprint density at radius 1 is 1.27 bits per heavy atom. The van der Waals surface area contributed by atoms with Crippen LogP contribution in [-0.2, 0) is 20.5 Å². The quantitative estimate of drug-likeness (QED) is 0.174. The summed E-state index contributed by atoms with van der Waals surface area (Å²) < 4.78 is 21.2. The van der Waals surface area contributed by atoms with Gasteiger partial charge in [0.15, 0.2) is 0 Å². The lowest BCUT2D eigenvalue weighted by Gasteiger charge is -2.30. The third-order valence-electron chi connectivity index (χ3n) is 7.36. The van der Waals surface area contributed by atoms with Crippen LogP contribution in [0.3, 0.4) is 0 Å². The fourth-order valence-electron chi connectivity index (χ4n) is 5.30. The van der Waals surface area contributed by atoms with E-state index in [4.69, 9.17) is 4.74 Å². The Hall–Kier alpha value is -3.44. The minimum atomic E-state index is -1.36. The Balaban J connectivity index is 1.29. The molecule has 1 aromatic heterocycles. The van der Waals surface area contributed by atoms with Gasteiger partial charge in [-0.25, -0.2) is 8.51 Å². The fourth-order valence-corrected chi connectivity index (χ4v) is 7.91. The molecule has 1 saturated heterocycles. The molecule has 1 fully saturated rings. The van der Waals surface area contributed by atoms with Gasteiger partial charge in [0.2, 0.25) is 5.91 Å². The van der Waals surface area contributed by atoms with Crippen LogP contribution in [0.4, 0.5) is 11.4 Å². The van der Waals surface area contributed by atoms with Crippen LogP contribution in [0.2, 0.25) is 0 Å². The van der Waals surface area contributed by atoms with Crippen LogP contribution in [0.15, 0.2) is 76.6 Å². The minimum absolute atomic E-state index is 0.0259. The van der Waals surface area contributed by atoms with E-state index in [9.17, 15) is 13.8 Å². The van der Waals surface area contributed by atoms with Gasteiger partial charge in [-0.3, -0.25) is 14.6 Å². The van der Waals surface area contributed by atoms with Gasteiger partial charge >= 0.3 is 0 Å². The van der Waals surface area contributed by atoms with Crippen molar-refractivity contribution in [1.29, 1.82) is 0 Å². The maximum absolute atomic E-state index is 13.5. The number of benzene rings is 2. The second kappa shape index (κ2) is 13.0. The zero-order valence-electron chi connectivity index (χ0n) is 23.3. The zero-order valence-corrected chi connectivity index (χ0v) is 24.9. The van der Waals surface area contributed by atoms with Crippen molar-refractivity contribution in [3.8, 4) is 0 Å². The molecule has 2 aliphatic rings. The molecular weight excluding hydrogens is 556 g/mol. The molecule has 2 atom stereocenters. The van der Waals surface area contributed by atoms with Gasteiger partial charge in [-0.1, -0.05) is 24.8 Å². The first-order valence-corrected chi connectivity index (χ1v) is 15.6. The molecule has 3 heterocycles. The second-order valence-corrected chi connectivity index (χ2v) is 12.8. The van der Waals surface area contributed by atoms with Crippen molar-refractivity contribution in [3.05, 3.63) is 77.8 Å². The SMILES string of the molecule is C=C/C=C\N=C(C)c1ccc(S(=O)N2CCCC(C(=O)Nc3ccc4c5c(cccc35)C(=O)N4CCCOC)C2)s1. The van der Waals surface area contributed by atoms with E-state index in [2.05, 4.69) is 16.9 Å². The van der Waals surface area contributed by atoms with Crippen LogP contribution >= 0.6 is 11.3 Å². The van der Waals surface area contributed by atoms with Gasteiger partial charge in [-0.05, 0) is 62.6 Å². The summed E-state index contributed by atoms with van der Waals surface area (Å²) in [6.45, 7) is 7.79. The van der Waals surface area contributed by atoms with Crippen molar-refractivity contribution in [3.63, 3.8) is 0 Å². The number of hydrogen-bond acceptors (Lipinski definition) is 6. The van der Waals surface area contributed by atoms with Crippen LogP contribution < -0.4 is 10.2 Å². The lowest BCUT2D eigenvalue weighted by molar-refractivity contribution is -0.120. The maximum atomic E-state index is 13.5. The number of carbonyl (C=O) groups is 2. The predicted molar refractivity (Wildman–Crippen MR) is 167 cm³/mol. The molecule has 0 radical (unpaired) electrons. The molecule has 1 N–H and O–H groups in total. The minimum Gasteiger partial charge on any atom is -0.385 e. The maximum Gasteiger partial charge on any atom is 0.258 e. The van der Waals surface area contributed by atoms with E-state index in [1.807, 2.05) is 53.7 Å². The summed E-state index contributed by atoms with van der Waals surface area (Å²) in [6.07, 6.45) is 7.36. The molecular formula is C31H34N4O4S2. The fraction of sp³-hybridized carbons (Fsp3) is 0.323. The van der Waals surface area contributed by atoms with Crippen molar-refractivity contribution in [1.82, 2.24) is 4.31 Å². The van der Waals surface area contributed by atoms with Crippen LogP contribution in [0.1, 0.15) is 41.4 Å². The number of anilines is 2. The van der Waals surface area contributed by atoms with E-state index in [1.54, 1.807) is 30.4 Å². The molecule has 0 aliphatic carbocycles. The number of nitrogens with one attached hydrogen (secondary N) is 1. The number of piperidine rings is 1. The van der Waals surface area contributed by atoms with E-state index in [1.165, 1.54) is 11.3 Å². The van der Waals surface area contributed by atoms with Gasteiger partial charge < -0.3 is 15.0 Å². The largest absolute Gasteiger partial charge is 0.385 e. The van der Waals surface area contributed by atoms with E-state index in [0.29, 0.717) is 37.5 Å². The third-order valence-corrected chi connectivity index (χ3v) is 10.3. The smallest absolute Gasteiger partial charge is 0.258 e. The van der Waals surface area contributed by atoms with Crippen molar-refractivity contribution >= 4 is 62.0 Å². The molecule has 0 saturated carbocycles. The number of rotatable bonds is 11. The molecule has 41 heavy (non-hydrogen) atoms. The monoisotopic (exact) mass is 590 g/mol. The van der Waals surface area contributed by atoms with Crippen molar-refractivity contribution in [2.75, 3.05) is 43.6 Å². The third kappa shape index (κ3) is 6.11. The Morgan fingerprint density at radius 2 is 2.12 bits per heavy atom. The van der Waals surface area contributed by atoms with Gasteiger partial charge in [0.05, 0.1) is 17.3 Å². The molecule has 2 aliphatic heterocycles. The average Bonchev–Trinajstić information content (AvgIpc) is 3.59. The van der Waals surface area contributed by atoms with Crippen LogP contribution in [0.25, 0.3) is 10.8 Å². The van der Waals surface area contributed by atoms with Crippen LogP contribution in [0, 0.1) is 5.92 Å². The number of allylic oxidation sites excluding steroid dienone is 2. The number of amides is 2. The number of methoxy groups -OCH3 is 1. The number of nitrogens with zero attached hydrogens (tertiary/aromatic N) is 3. The molecule has 2 aromatic carbocycles. The molecule has 2 unspecified atom stereocenters. The van der Waals surface area contributed by atoms with E-state index in [0.717, 1.165) is 50.5 Å². The van der Waals surface area contributed by atoms with Gasteiger partial charge in [-0.15, -0.1) is 11.3 Å². The van der Waals surface area contributed by atoms with Gasteiger partial charge in [0, 0.05) is 66.5 Å². The van der Waals surface area contributed by atoms with Crippen LogP contribution in [0.5, 0.6) is 0 Å². The molecule has 5 rings (SSSR count). The van der Waals surface area contributed by atoms with E-state index < -0.39 is 11.0 Å². The van der Waals surface area contributed by atoms with Crippen molar-refractivity contribution in [2.45, 2.75) is 30.4 Å². The Bertz CT molecular complexity index is 1560. The first-order chi connectivity index (χ1) is 19.9. The highest BCUT2D eigenvalue weighted by molar-refractivity contribution is 7.85. The van der Waals surface area contributed by atoms with E-state index in [-0.39, 0.29) is 17.7 Å². The highest BCUT2D eigenvalue weighted by atomic mass is 32.2. The molecule has 214 valence electrons. The number of aliphatic imine (C=N–C) groups is 1. The molecule has 8 nitrogen and oxygen atoms in total. The summed E-state index contributed by atoms with van der Waals surface area (Å²) >= 11 is 1.46. The summed E-state index contributed by atoms with van der Waals surface area (Å²) in [5, 5.41) is 4.83. The second-order valence-electron chi connectivity index (χ2n) is 10.0. The Kier molecular flexibility index (Phi) is 9.24. The van der Waals surface area contributed by atoms with Crippen molar-refractivity contribution in [2.24, 2.45) is 10.9 Å². The summed E-state index contributed by atoms with van der Waals surface area (Å²) in [5.74, 6) is -0.422. The standard InChI is InChI=1S/C31H34N4O4S2/c1-4-5-16-32-21(2)27-14-15-28(40-27)41(38)34-17-7-9-22(20-34)30(36)33-25-12-13-26-29-23(25)10-6-11-24(29)31(37)35(26)18-8-19-39-3/h4-6,10-16,22H,1,7-9,17-20H2,2-3H3,(H,33,36)/b16-5-,32-21?. The van der Waals surface area contributed by atoms with Gasteiger partial charge in [-0.2, -0.15) is 0 Å². The van der Waals surface area contributed by atoms with Gasteiger partial charge in [0.25, 0.3) is 5.91 Å². The van der Waals surface area contributed by atoms with E-state index >= 15 is 0 Å². The molecule has 0 spiro atoms. The van der Waals surface area contributed by atoms with Crippen molar-refractivity contribution < 1.29 is 18.5 Å². The van der Waals surface area contributed by atoms with Crippen LogP contribution in [-0.4, -0.2) is 59.4 Å². The lowest BCUT2D eigenvalue weighted by atomic mass is 9.98. The number of thiophene rings is 1. The molecule has 0 bridgehead atoms. The summed E-state index contributed by atoms with van der Waals surface area (Å²) in [7, 11) is 0.294. The zero-order chi connectivity index (χ0) is 28.9. The first kappa shape index (κ1) is 29.1. The Morgan fingerprint density at radius 3 is 2.93 bits per heavy atom.